The number of hydrogen-bond donors (Lipinski definition) is 4. The standard InChI is InChI=1S/C34H50N4O8/c1-6-10-27(31(41)36-26(19-25-17-18-35-30(25)40)15-16-28(39)44-20-24-13-14-24)37-32(42)29(22(2)46-34(3,4)5)38-33(43)45-21-23-11-8-7-9-12-23/h7-9,11-12,15-16,22,24-27,29H,6,10,13-14,17-21H2,1-5H3,(H,35,40)(H,36,41)(H,37,42)(H,38,43)/b16-15+/t22?,25?,26-,27+,29+/m1/s1. The molecule has 1 saturated heterocycles. The van der Waals surface area contributed by atoms with Gasteiger partial charge in [-0.1, -0.05) is 49.8 Å². The minimum Gasteiger partial charge on any atom is -0.462 e. The third kappa shape index (κ3) is 13.2. The summed E-state index contributed by atoms with van der Waals surface area (Å²) in [5, 5.41) is 11.1. The molecule has 1 saturated carbocycles. The highest BCUT2D eigenvalue weighted by Gasteiger charge is 2.34. The van der Waals surface area contributed by atoms with Gasteiger partial charge in [0.2, 0.25) is 17.7 Å². The number of alkyl carbamates (subject to hydrolysis) is 1. The first-order valence-corrected chi connectivity index (χ1v) is 16.2. The van der Waals surface area contributed by atoms with Crippen LogP contribution in [0.3, 0.4) is 0 Å². The lowest BCUT2D eigenvalue weighted by atomic mass is 9.97. The van der Waals surface area contributed by atoms with E-state index in [1.165, 1.54) is 12.2 Å². The molecule has 2 unspecified atom stereocenters. The summed E-state index contributed by atoms with van der Waals surface area (Å²) in [5.41, 5.74) is 0.159. The van der Waals surface area contributed by atoms with Crippen LogP contribution in [0.2, 0.25) is 0 Å². The molecule has 12 heteroatoms. The van der Waals surface area contributed by atoms with Crippen LogP contribution >= 0.6 is 0 Å². The summed E-state index contributed by atoms with van der Waals surface area (Å²) >= 11 is 0. The Hall–Kier alpha value is -3.93. The van der Waals surface area contributed by atoms with Crippen molar-refractivity contribution in [1.29, 1.82) is 0 Å². The van der Waals surface area contributed by atoms with Gasteiger partial charge in [-0.15, -0.1) is 0 Å². The van der Waals surface area contributed by atoms with Crippen LogP contribution in [0.1, 0.15) is 78.7 Å². The highest BCUT2D eigenvalue weighted by molar-refractivity contribution is 5.92. The fourth-order valence-corrected chi connectivity index (χ4v) is 5.11. The Morgan fingerprint density at radius 1 is 1.00 bits per heavy atom. The molecule has 12 nitrogen and oxygen atoms in total. The molecule has 0 radical (unpaired) electrons. The Morgan fingerprint density at radius 2 is 1.72 bits per heavy atom. The van der Waals surface area contributed by atoms with E-state index in [9.17, 15) is 24.0 Å². The summed E-state index contributed by atoms with van der Waals surface area (Å²) in [6, 6.07) is 6.35. The van der Waals surface area contributed by atoms with Crippen molar-refractivity contribution >= 4 is 29.8 Å². The van der Waals surface area contributed by atoms with Crippen molar-refractivity contribution in [2.45, 2.75) is 110 Å². The quantitative estimate of drug-likeness (QED) is 0.149. The van der Waals surface area contributed by atoms with Crippen molar-refractivity contribution in [2.24, 2.45) is 11.8 Å². The molecule has 1 heterocycles. The van der Waals surface area contributed by atoms with Crippen LogP contribution in [0.5, 0.6) is 0 Å². The van der Waals surface area contributed by atoms with E-state index in [1.807, 2.05) is 58.0 Å². The monoisotopic (exact) mass is 642 g/mol. The van der Waals surface area contributed by atoms with Crippen molar-refractivity contribution in [3.05, 3.63) is 48.0 Å². The molecule has 0 aromatic heterocycles. The Kier molecular flexibility index (Phi) is 14.0. The van der Waals surface area contributed by atoms with Gasteiger partial charge in [-0.2, -0.15) is 0 Å². The van der Waals surface area contributed by atoms with Crippen LogP contribution in [-0.2, 0) is 40.0 Å². The third-order valence-electron chi connectivity index (χ3n) is 7.64. The second kappa shape index (κ2) is 17.7. The molecule has 1 aliphatic heterocycles. The van der Waals surface area contributed by atoms with Crippen LogP contribution in [0.25, 0.3) is 0 Å². The summed E-state index contributed by atoms with van der Waals surface area (Å²) in [6.07, 6.45) is 5.10. The maximum atomic E-state index is 13.7. The normalized spacial score (nSPS) is 19.0. The summed E-state index contributed by atoms with van der Waals surface area (Å²) in [6.45, 7) is 9.96. The Balaban J connectivity index is 1.70. The van der Waals surface area contributed by atoms with Gasteiger partial charge in [0.15, 0.2) is 0 Å². The molecular formula is C34H50N4O8. The molecule has 2 fully saturated rings. The fourth-order valence-electron chi connectivity index (χ4n) is 5.11. The Labute approximate surface area is 271 Å². The Bertz CT molecular complexity index is 1210. The first-order valence-electron chi connectivity index (χ1n) is 16.2. The lowest BCUT2D eigenvalue weighted by Gasteiger charge is -2.31. The molecule has 5 atom stereocenters. The zero-order valence-corrected chi connectivity index (χ0v) is 27.6. The molecule has 3 rings (SSSR count). The summed E-state index contributed by atoms with van der Waals surface area (Å²) in [5.74, 6) is -1.64. The predicted octanol–water partition coefficient (Wildman–Crippen LogP) is 3.29. The molecule has 1 aromatic rings. The van der Waals surface area contributed by atoms with Gasteiger partial charge in [0.05, 0.1) is 18.3 Å². The van der Waals surface area contributed by atoms with Gasteiger partial charge in [-0.3, -0.25) is 14.4 Å². The second-order valence-electron chi connectivity index (χ2n) is 13.0. The van der Waals surface area contributed by atoms with Crippen LogP contribution in [-0.4, -0.2) is 72.8 Å². The first-order chi connectivity index (χ1) is 21.8. The number of nitrogens with one attached hydrogen (secondary N) is 4. The molecule has 1 aliphatic carbocycles. The van der Waals surface area contributed by atoms with Gasteiger partial charge in [0.25, 0.3) is 0 Å². The van der Waals surface area contributed by atoms with Crippen LogP contribution in [0.4, 0.5) is 4.79 Å². The lowest BCUT2D eigenvalue weighted by molar-refractivity contribution is -0.138. The third-order valence-corrected chi connectivity index (χ3v) is 7.64. The van der Waals surface area contributed by atoms with Crippen LogP contribution in [0.15, 0.2) is 42.5 Å². The average molecular weight is 643 g/mol. The molecular weight excluding hydrogens is 592 g/mol. The zero-order valence-electron chi connectivity index (χ0n) is 27.6. The number of amides is 4. The molecule has 2 aliphatic rings. The van der Waals surface area contributed by atoms with E-state index in [0.717, 1.165) is 18.4 Å². The van der Waals surface area contributed by atoms with E-state index in [-0.39, 0.29) is 24.9 Å². The number of esters is 1. The number of ether oxygens (including phenoxy) is 3. The molecule has 1 aromatic carbocycles. The van der Waals surface area contributed by atoms with Crippen molar-refractivity contribution in [3.8, 4) is 0 Å². The van der Waals surface area contributed by atoms with E-state index >= 15 is 0 Å². The number of carbonyl (C=O) groups excluding carboxylic acids is 5. The summed E-state index contributed by atoms with van der Waals surface area (Å²) in [7, 11) is 0. The van der Waals surface area contributed by atoms with Gasteiger partial charge in [0, 0.05) is 24.6 Å². The summed E-state index contributed by atoms with van der Waals surface area (Å²) < 4.78 is 16.6. The van der Waals surface area contributed by atoms with Gasteiger partial charge < -0.3 is 35.5 Å². The van der Waals surface area contributed by atoms with Gasteiger partial charge in [-0.05, 0) is 71.3 Å². The molecule has 254 valence electrons. The molecule has 4 amide bonds. The van der Waals surface area contributed by atoms with Gasteiger partial charge in [0.1, 0.15) is 18.7 Å². The highest BCUT2D eigenvalue weighted by atomic mass is 16.6. The minimum absolute atomic E-state index is 0.0123. The van der Waals surface area contributed by atoms with E-state index < -0.39 is 53.7 Å². The van der Waals surface area contributed by atoms with Gasteiger partial charge in [-0.25, -0.2) is 9.59 Å². The van der Waals surface area contributed by atoms with Crippen molar-refractivity contribution in [2.75, 3.05) is 13.2 Å². The maximum absolute atomic E-state index is 13.7. The molecule has 0 spiro atoms. The average Bonchev–Trinajstić information content (AvgIpc) is 3.75. The fraction of sp³-hybridized carbons (Fsp3) is 0.618. The SMILES string of the molecule is CCC[C@H](NC(=O)[C@@H](NC(=O)OCc1ccccc1)C(C)OC(C)(C)C)C(=O)N[C@H](/C=C/C(=O)OCC1CC1)CC1CCNC1=O. The molecule has 4 N–H and O–H groups in total. The second-order valence-corrected chi connectivity index (χ2v) is 13.0. The number of rotatable bonds is 17. The minimum atomic E-state index is -1.17. The van der Waals surface area contributed by atoms with Crippen molar-refractivity contribution in [1.82, 2.24) is 21.3 Å². The number of benzene rings is 1. The Morgan fingerprint density at radius 3 is 2.33 bits per heavy atom. The largest absolute Gasteiger partial charge is 0.462 e. The maximum Gasteiger partial charge on any atom is 0.408 e. The van der Waals surface area contributed by atoms with Crippen LogP contribution in [0, 0.1) is 11.8 Å². The smallest absolute Gasteiger partial charge is 0.408 e. The van der Waals surface area contributed by atoms with E-state index in [4.69, 9.17) is 14.2 Å². The van der Waals surface area contributed by atoms with Crippen LogP contribution < -0.4 is 21.3 Å². The molecule has 0 bridgehead atoms. The first kappa shape index (κ1) is 36.5. The summed E-state index contributed by atoms with van der Waals surface area (Å²) in [4.78, 5) is 64.6. The van der Waals surface area contributed by atoms with Gasteiger partial charge >= 0.3 is 12.1 Å². The van der Waals surface area contributed by atoms with E-state index in [1.54, 1.807) is 6.92 Å². The van der Waals surface area contributed by atoms with E-state index in [0.29, 0.717) is 38.3 Å². The van der Waals surface area contributed by atoms with E-state index in [2.05, 4.69) is 21.3 Å². The molecule has 46 heavy (non-hydrogen) atoms. The van der Waals surface area contributed by atoms with Crippen molar-refractivity contribution in [3.63, 3.8) is 0 Å². The topological polar surface area (TPSA) is 161 Å². The highest BCUT2D eigenvalue weighted by Crippen LogP contribution is 2.28. The number of carbonyl (C=O) groups is 5. The lowest BCUT2D eigenvalue weighted by Crippen LogP contribution is -2.58. The predicted molar refractivity (Wildman–Crippen MR) is 171 cm³/mol. The zero-order chi connectivity index (χ0) is 33.7. The number of hydrogen-bond acceptors (Lipinski definition) is 8. The van der Waals surface area contributed by atoms with Crippen molar-refractivity contribution < 1.29 is 38.2 Å².